The molecule has 1 N–H and O–H groups in total. The van der Waals surface area contributed by atoms with E-state index in [1.807, 2.05) is 26.0 Å². The highest BCUT2D eigenvalue weighted by molar-refractivity contribution is 7.91. The van der Waals surface area contributed by atoms with Crippen LogP contribution in [-0.2, 0) is 19.4 Å². The Morgan fingerprint density at radius 2 is 1.78 bits per heavy atom. The van der Waals surface area contributed by atoms with Crippen LogP contribution in [0.1, 0.15) is 74.4 Å². The number of benzene rings is 1. The quantitative estimate of drug-likeness (QED) is 0.748. The molecule has 150 valence electrons. The maximum atomic E-state index is 12.6. The summed E-state index contributed by atoms with van der Waals surface area (Å²) in [5.41, 5.74) is 2.49. The Morgan fingerprint density at radius 1 is 1.11 bits per heavy atom. The van der Waals surface area contributed by atoms with Crippen LogP contribution in [0.4, 0.5) is 0 Å². The highest BCUT2D eigenvalue weighted by atomic mass is 32.2. The fourth-order valence-electron chi connectivity index (χ4n) is 3.11. The van der Waals surface area contributed by atoms with E-state index in [1.165, 1.54) is 6.92 Å². The maximum absolute atomic E-state index is 12.6. The molecule has 1 fully saturated rings. The van der Waals surface area contributed by atoms with Crippen LogP contribution in [-0.4, -0.2) is 43.9 Å². The van der Waals surface area contributed by atoms with Crippen LogP contribution < -0.4 is 5.32 Å². The van der Waals surface area contributed by atoms with E-state index in [9.17, 15) is 18.0 Å². The van der Waals surface area contributed by atoms with Crippen LogP contribution >= 0.6 is 0 Å². The number of carbonyl (C=O) groups is 2. The van der Waals surface area contributed by atoms with Crippen LogP contribution in [0, 0.1) is 0 Å². The zero-order chi connectivity index (χ0) is 20.4. The lowest BCUT2D eigenvalue weighted by atomic mass is 9.91. The number of esters is 1. The Bertz CT molecular complexity index is 814. The van der Waals surface area contributed by atoms with E-state index >= 15 is 0 Å². The number of rotatable bonds is 6. The SMILES string of the molecule is CC(C)c1ccc(C(=O)O[C@H](C)C(=O)N[C@@H]2CCS(=O)(=O)C2)c(C(C)C)c1. The number of ether oxygens (including phenoxy) is 1. The van der Waals surface area contributed by atoms with Crippen molar-refractivity contribution in [3.05, 3.63) is 34.9 Å². The molecule has 2 atom stereocenters. The molecular formula is C20H29NO5S. The van der Waals surface area contributed by atoms with Gasteiger partial charge in [-0.3, -0.25) is 4.79 Å². The number of nitrogens with one attached hydrogen (secondary N) is 1. The number of carbonyl (C=O) groups excluding carboxylic acids is 2. The summed E-state index contributed by atoms with van der Waals surface area (Å²) in [6, 6.07) is 5.25. The lowest BCUT2D eigenvalue weighted by Crippen LogP contribution is -2.42. The normalized spacial score (nSPS) is 19.9. The minimum absolute atomic E-state index is 0.0619. The molecule has 27 heavy (non-hydrogen) atoms. The van der Waals surface area contributed by atoms with Crippen molar-refractivity contribution in [1.82, 2.24) is 5.32 Å². The first-order chi connectivity index (χ1) is 12.5. The summed E-state index contributed by atoms with van der Waals surface area (Å²) in [7, 11) is -3.08. The van der Waals surface area contributed by atoms with Gasteiger partial charge in [-0.25, -0.2) is 13.2 Å². The van der Waals surface area contributed by atoms with E-state index in [0.717, 1.165) is 11.1 Å². The molecule has 1 amide bonds. The van der Waals surface area contributed by atoms with Gasteiger partial charge in [-0.2, -0.15) is 0 Å². The lowest BCUT2D eigenvalue weighted by molar-refractivity contribution is -0.129. The minimum atomic E-state index is -3.08. The predicted molar refractivity (Wildman–Crippen MR) is 105 cm³/mol. The van der Waals surface area contributed by atoms with Gasteiger partial charge in [-0.15, -0.1) is 0 Å². The molecule has 1 aromatic carbocycles. The average molecular weight is 396 g/mol. The van der Waals surface area contributed by atoms with Crippen molar-refractivity contribution in [3.8, 4) is 0 Å². The molecule has 0 spiro atoms. The highest BCUT2D eigenvalue weighted by Crippen LogP contribution is 2.26. The van der Waals surface area contributed by atoms with E-state index in [1.54, 1.807) is 6.07 Å². The molecule has 7 heteroatoms. The van der Waals surface area contributed by atoms with Crippen molar-refractivity contribution >= 4 is 21.7 Å². The summed E-state index contributed by atoms with van der Waals surface area (Å²) in [5.74, 6) is -0.523. The topological polar surface area (TPSA) is 89.5 Å². The maximum Gasteiger partial charge on any atom is 0.339 e. The Morgan fingerprint density at radius 3 is 2.30 bits per heavy atom. The molecule has 1 aromatic rings. The molecule has 1 heterocycles. The van der Waals surface area contributed by atoms with Crippen LogP contribution in [0.2, 0.25) is 0 Å². The summed E-state index contributed by atoms with van der Waals surface area (Å²) in [5, 5.41) is 2.66. The molecule has 1 aliphatic rings. The van der Waals surface area contributed by atoms with Gasteiger partial charge in [0.1, 0.15) is 0 Å². The van der Waals surface area contributed by atoms with E-state index in [4.69, 9.17) is 4.74 Å². The van der Waals surface area contributed by atoms with Crippen molar-refractivity contribution in [1.29, 1.82) is 0 Å². The van der Waals surface area contributed by atoms with Gasteiger partial charge in [0.25, 0.3) is 5.91 Å². The van der Waals surface area contributed by atoms with Crippen molar-refractivity contribution in [2.45, 2.75) is 65.0 Å². The fourth-order valence-corrected chi connectivity index (χ4v) is 4.78. The average Bonchev–Trinajstić information content (AvgIpc) is 2.92. The summed E-state index contributed by atoms with van der Waals surface area (Å²) in [6.45, 7) is 9.69. The van der Waals surface area contributed by atoms with Crippen LogP contribution in [0.5, 0.6) is 0 Å². The highest BCUT2D eigenvalue weighted by Gasteiger charge is 2.31. The van der Waals surface area contributed by atoms with Gasteiger partial charge in [-0.05, 0) is 42.4 Å². The van der Waals surface area contributed by atoms with Gasteiger partial charge in [0.05, 0.1) is 17.1 Å². The zero-order valence-corrected chi connectivity index (χ0v) is 17.4. The van der Waals surface area contributed by atoms with Gasteiger partial charge < -0.3 is 10.1 Å². The smallest absolute Gasteiger partial charge is 0.339 e. The van der Waals surface area contributed by atoms with E-state index < -0.39 is 33.9 Å². The number of hydrogen-bond acceptors (Lipinski definition) is 5. The van der Waals surface area contributed by atoms with Gasteiger partial charge in [0.2, 0.25) is 0 Å². The number of amides is 1. The van der Waals surface area contributed by atoms with E-state index in [0.29, 0.717) is 17.9 Å². The Balaban J connectivity index is 2.06. The molecule has 0 bridgehead atoms. The molecule has 6 nitrogen and oxygen atoms in total. The minimum Gasteiger partial charge on any atom is -0.449 e. The third-order valence-electron chi connectivity index (χ3n) is 4.82. The Hall–Kier alpha value is -1.89. The summed E-state index contributed by atoms with van der Waals surface area (Å²) < 4.78 is 28.3. The molecule has 1 saturated heterocycles. The first-order valence-corrected chi connectivity index (χ1v) is 11.2. The third-order valence-corrected chi connectivity index (χ3v) is 6.58. The Kier molecular flexibility index (Phi) is 6.68. The lowest BCUT2D eigenvalue weighted by Gasteiger charge is -2.19. The predicted octanol–water partition coefficient (Wildman–Crippen LogP) is 2.78. The van der Waals surface area contributed by atoms with Gasteiger partial charge in [0, 0.05) is 6.04 Å². The van der Waals surface area contributed by atoms with Gasteiger partial charge >= 0.3 is 5.97 Å². The Labute approximate surface area is 161 Å². The molecule has 0 unspecified atom stereocenters. The first-order valence-electron chi connectivity index (χ1n) is 9.35. The van der Waals surface area contributed by atoms with Crippen LogP contribution in [0.25, 0.3) is 0 Å². The monoisotopic (exact) mass is 395 g/mol. The molecule has 1 aliphatic heterocycles. The van der Waals surface area contributed by atoms with Crippen molar-refractivity contribution in [3.63, 3.8) is 0 Å². The fraction of sp³-hybridized carbons (Fsp3) is 0.600. The van der Waals surface area contributed by atoms with Gasteiger partial charge in [0.15, 0.2) is 15.9 Å². The van der Waals surface area contributed by atoms with Crippen molar-refractivity contribution < 1.29 is 22.7 Å². The standard InChI is InChI=1S/C20H29NO5S/c1-12(2)15-6-7-17(18(10-15)13(3)4)20(23)26-14(5)19(22)21-16-8-9-27(24,25)11-16/h6-7,10,12-14,16H,8-9,11H2,1-5H3,(H,21,22)/t14-,16-/m1/s1. The van der Waals surface area contributed by atoms with Crippen molar-refractivity contribution in [2.24, 2.45) is 0 Å². The second-order valence-corrected chi connectivity index (χ2v) is 10.0. The largest absolute Gasteiger partial charge is 0.449 e. The van der Waals surface area contributed by atoms with E-state index in [2.05, 4.69) is 19.2 Å². The zero-order valence-electron chi connectivity index (χ0n) is 16.6. The molecule has 0 aliphatic carbocycles. The summed E-state index contributed by atoms with van der Waals surface area (Å²) in [4.78, 5) is 24.9. The molecule has 2 rings (SSSR count). The third kappa shape index (κ3) is 5.54. The molecule has 0 aromatic heterocycles. The first kappa shape index (κ1) is 21.4. The molecule has 0 saturated carbocycles. The second-order valence-electron chi connectivity index (χ2n) is 7.81. The van der Waals surface area contributed by atoms with Crippen LogP contribution in [0.15, 0.2) is 18.2 Å². The number of sulfone groups is 1. The summed E-state index contributed by atoms with van der Waals surface area (Å²) in [6.07, 6.45) is -0.603. The number of hydrogen-bond donors (Lipinski definition) is 1. The van der Waals surface area contributed by atoms with Crippen LogP contribution in [0.3, 0.4) is 0 Å². The van der Waals surface area contributed by atoms with Gasteiger partial charge in [-0.1, -0.05) is 39.8 Å². The van der Waals surface area contributed by atoms with E-state index in [-0.39, 0.29) is 17.4 Å². The molecule has 0 radical (unpaired) electrons. The molecular weight excluding hydrogens is 366 g/mol. The second kappa shape index (κ2) is 8.42. The summed E-state index contributed by atoms with van der Waals surface area (Å²) >= 11 is 0. The van der Waals surface area contributed by atoms with Crippen molar-refractivity contribution in [2.75, 3.05) is 11.5 Å².